The summed E-state index contributed by atoms with van der Waals surface area (Å²) in [5.74, 6) is -0.247. The third kappa shape index (κ3) is 3.91. The first-order valence-electron chi connectivity index (χ1n) is 6.90. The molecule has 1 N–H and O–H groups in total. The Kier molecular flexibility index (Phi) is 4.64. The molecule has 1 aromatic heterocycles. The van der Waals surface area contributed by atoms with Crippen LogP contribution in [0.2, 0.25) is 0 Å². The standard InChI is InChI=1S/C17H14N2O2S2/c1-23(21)13-6-4-5-12(11-13)18-16(20)9-10-17-19-14-7-2-3-8-15(14)22-17/h2-11H,1H3,(H,18,20)/b10-9+/t23-/m0/s1. The van der Waals surface area contributed by atoms with Gasteiger partial charge in [0.2, 0.25) is 5.91 Å². The molecule has 0 saturated heterocycles. The zero-order chi connectivity index (χ0) is 16.2. The van der Waals surface area contributed by atoms with Crippen LogP contribution in [0.4, 0.5) is 5.69 Å². The van der Waals surface area contributed by atoms with Gasteiger partial charge in [-0.2, -0.15) is 0 Å². The van der Waals surface area contributed by atoms with Crippen LogP contribution in [0.5, 0.6) is 0 Å². The molecule has 23 heavy (non-hydrogen) atoms. The van der Waals surface area contributed by atoms with Crippen LogP contribution >= 0.6 is 11.3 Å². The fourth-order valence-electron chi connectivity index (χ4n) is 2.04. The van der Waals surface area contributed by atoms with E-state index < -0.39 is 10.8 Å². The van der Waals surface area contributed by atoms with Crippen molar-refractivity contribution < 1.29 is 9.00 Å². The number of amides is 1. The zero-order valence-corrected chi connectivity index (χ0v) is 14.0. The molecule has 6 heteroatoms. The zero-order valence-electron chi connectivity index (χ0n) is 12.4. The molecule has 0 unspecified atom stereocenters. The third-order valence-electron chi connectivity index (χ3n) is 3.12. The summed E-state index contributed by atoms with van der Waals surface area (Å²) in [5, 5.41) is 3.54. The lowest BCUT2D eigenvalue weighted by Gasteiger charge is -2.03. The molecule has 2 aromatic carbocycles. The molecule has 0 radical (unpaired) electrons. The number of thiazole rings is 1. The van der Waals surface area contributed by atoms with Gasteiger partial charge < -0.3 is 5.32 Å². The molecular formula is C17H14N2O2S2. The van der Waals surface area contributed by atoms with Crippen LogP contribution in [0.25, 0.3) is 16.3 Å². The number of carbonyl (C=O) groups is 1. The van der Waals surface area contributed by atoms with Crippen molar-refractivity contribution in [3.8, 4) is 0 Å². The van der Waals surface area contributed by atoms with E-state index in [-0.39, 0.29) is 5.91 Å². The SMILES string of the molecule is C[S@](=O)c1cccc(NC(=O)/C=C/c2nc3ccccc3s2)c1. The normalized spacial score (nSPS) is 12.6. The van der Waals surface area contributed by atoms with E-state index in [2.05, 4.69) is 10.3 Å². The van der Waals surface area contributed by atoms with E-state index in [9.17, 15) is 9.00 Å². The lowest BCUT2D eigenvalue weighted by Crippen LogP contribution is -2.07. The van der Waals surface area contributed by atoms with Gasteiger partial charge in [0, 0.05) is 33.7 Å². The third-order valence-corrected chi connectivity index (χ3v) is 5.04. The Morgan fingerprint density at radius 3 is 2.83 bits per heavy atom. The lowest BCUT2D eigenvalue weighted by molar-refractivity contribution is -0.111. The van der Waals surface area contributed by atoms with E-state index in [4.69, 9.17) is 0 Å². The second-order valence-corrected chi connectivity index (χ2v) is 7.27. The van der Waals surface area contributed by atoms with Gasteiger partial charge >= 0.3 is 0 Å². The fourth-order valence-corrected chi connectivity index (χ4v) is 3.48. The molecular weight excluding hydrogens is 328 g/mol. The molecule has 3 aromatic rings. The predicted octanol–water partition coefficient (Wildman–Crippen LogP) is 3.69. The number of hydrogen-bond acceptors (Lipinski definition) is 4. The molecule has 116 valence electrons. The summed E-state index contributed by atoms with van der Waals surface area (Å²) < 4.78 is 12.5. The molecule has 0 bridgehead atoms. The molecule has 0 spiro atoms. The first kappa shape index (κ1) is 15.6. The van der Waals surface area contributed by atoms with E-state index in [1.807, 2.05) is 24.3 Å². The second-order valence-electron chi connectivity index (χ2n) is 4.82. The molecule has 1 heterocycles. The number of hydrogen-bond donors (Lipinski definition) is 1. The maximum atomic E-state index is 12.0. The highest BCUT2D eigenvalue weighted by Gasteiger charge is 2.03. The van der Waals surface area contributed by atoms with E-state index in [1.165, 1.54) is 17.4 Å². The van der Waals surface area contributed by atoms with Gasteiger partial charge in [-0.05, 0) is 36.4 Å². The number of rotatable bonds is 4. The monoisotopic (exact) mass is 342 g/mol. The van der Waals surface area contributed by atoms with Crippen molar-refractivity contribution in [3.63, 3.8) is 0 Å². The van der Waals surface area contributed by atoms with Crippen LogP contribution in [0.15, 0.2) is 59.5 Å². The van der Waals surface area contributed by atoms with Gasteiger partial charge in [-0.3, -0.25) is 9.00 Å². The predicted molar refractivity (Wildman–Crippen MR) is 96.1 cm³/mol. The summed E-state index contributed by atoms with van der Waals surface area (Å²) in [4.78, 5) is 17.1. The van der Waals surface area contributed by atoms with Crippen molar-refractivity contribution in [2.75, 3.05) is 11.6 Å². The number of aromatic nitrogens is 1. The van der Waals surface area contributed by atoms with E-state index in [1.54, 1.807) is 36.6 Å². The Morgan fingerprint density at radius 2 is 2.04 bits per heavy atom. The molecule has 1 amide bonds. The molecule has 0 saturated carbocycles. The minimum Gasteiger partial charge on any atom is -0.322 e. The van der Waals surface area contributed by atoms with Crippen molar-refractivity contribution in [1.82, 2.24) is 4.98 Å². The maximum absolute atomic E-state index is 12.0. The van der Waals surface area contributed by atoms with Crippen LogP contribution in [-0.4, -0.2) is 21.4 Å². The Labute approximate surface area is 140 Å². The van der Waals surface area contributed by atoms with Crippen molar-refractivity contribution in [1.29, 1.82) is 0 Å². The maximum Gasteiger partial charge on any atom is 0.248 e. The number of anilines is 1. The molecule has 1 atom stereocenters. The molecule has 0 aliphatic heterocycles. The summed E-state index contributed by atoms with van der Waals surface area (Å²) in [7, 11) is -1.07. The Morgan fingerprint density at radius 1 is 1.22 bits per heavy atom. The van der Waals surface area contributed by atoms with E-state index in [0.29, 0.717) is 10.6 Å². The van der Waals surface area contributed by atoms with Crippen molar-refractivity contribution in [2.45, 2.75) is 4.90 Å². The number of nitrogens with zero attached hydrogens (tertiary/aromatic N) is 1. The van der Waals surface area contributed by atoms with Crippen LogP contribution in [0.1, 0.15) is 5.01 Å². The molecule has 0 aliphatic rings. The fraction of sp³-hybridized carbons (Fsp3) is 0.0588. The first-order valence-corrected chi connectivity index (χ1v) is 9.27. The van der Waals surface area contributed by atoms with Gasteiger partial charge in [0.25, 0.3) is 0 Å². The number of para-hydroxylation sites is 1. The minimum atomic E-state index is -1.07. The van der Waals surface area contributed by atoms with Crippen LogP contribution < -0.4 is 5.32 Å². The Hall–Kier alpha value is -2.31. The number of fused-ring (bicyclic) bond motifs is 1. The molecule has 3 rings (SSSR count). The number of benzene rings is 2. The highest BCUT2D eigenvalue weighted by molar-refractivity contribution is 7.84. The van der Waals surface area contributed by atoms with Gasteiger partial charge in [-0.25, -0.2) is 4.98 Å². The highest BCUT2D eigenvalue weighted by atomic mass is 32.2. The quantitative estimate of drug-likeness (QED) is 0.736. The van der Waals surface area contributed by atoms with E-state index >= 15 is 0 Å². The Bertz CT molecular complexity index is 883. The average molecular weight is 342 g/mol. The van der Waals surface area contributed by atoms with Crippen molar-refractivity contribution in [3.05, 3.63) is 59.6 Å². The van der Waals surface area contributed by atoms with Gasteiger partial charge in [-0.15, -0.1) is 11.3 Å². The summed E-state index contributed by atoms with van der Waals surface area (Å²) >= 11 is 1.53. The van der Waals surface area contributed by atoms with Gasteiger partial charge in [0.05, 0.1) is 10.2 Å². The summed E-state index contributed by atoms with van der Waals surface area (Å²) in [6, 6.07) is 14.9. The summed E-state index contributed by atoms with van der Waals surface area (Å²) in [6.07, 6.45) is 4.75. The number of nitrogens with one attached hydrogen (secondary N) is 1. The first-order chi connectivity index (χ1) is 11.1. The molecule has 0 fully saturated rings. The largest absolute Gasteiger partial charge is 0.322 e. The van der Waals surface area contributed by atoms with E-state index in [0.717, 1.165) is 15.2 Å². The van der Waals surface area contributed by atoms with Gasteiger partial charge in [0.15, 0.2) is 0 Å². The smallest absolute Gasteiger partial charge is 0.248 e. The average Bonchev–Trinajstić information content (AvgIpc) is 2.96. The molecule has 4 nitrogen and oxygen atoms in total. The van der Waals surface area contributed by atoms with Gasteiger partial charge in [0.1, 0.15) is 5.01 Å². The molecule has 0 aliphatic carbocycles. The summed E-state index contributed by atoms with van der Waals surface area (Å²) in [5.41, 5.74) is 1.55. The second kappa shape index (κ2) is 6.85. The van der Waals surface area contributed by atoms with Crippen LogP contribution in [0, 0.1) is 0 Å². The highest BCUT2D eigenvalue weighted by Crippen LogP contribution is 2.22. The van der Waals surface area contributed by atoms with Gasteiger partial charge in [-0.1, -0.05) is 18.2 Å². The van der Waals surface area contributed by atoms with Crippen molar-refractivity contribution >= 4 is 50.0 Å². The number of carbonyl (C=O) groups excluding carboxylic acids is 1. The van der Waals surface area contributed by atoms with Crippen molar-refractivity contribution in [2.24, 2.45) is 0 Å². The van der Waals surface area contributed by atoms with Crippen LogP contribution in [0.3, 0.4) is 0 Å². The topological polar surface area (TPSA) is 59.1 Å². The Balaban J connectivity index is 1.71. The summed E-state index contributed by atoms with van der Waals surface area (Å²) in [6.45, 7) is 0. The van der Waals surface area contributed by atoms with Crippen LogP contribution in [-0.2, 0) is 15.6 Å². The lowest BCUT2D eigenvalue weighted by atomic mass is 10.3. The minimum absolute atomic E-state index is 0.247.